The van der Waals surface area contributed by atoms with Gasteiger partial charge in [-0.1, -0.05) is 46.3 Å². The third kappa shape index (κ3) is 5.19. The molecule has 1 amide bonds. The Morgan fingerprint density at radius 3 is 2.47 bits per heavy atom. The molecule has 3 aromatic rings. The zero-order valence-corrected chi connectivity index (χ0v) is 21.6. The molecule has 0 bridgehead atoms. The van der Waals surface area contributed by atoms with Crippen molar-refractivity contribution in [2.24, 2.45) is 0 Å². The van der Waals surface area contributed by atoms with Crippen molar-refractivity contribution in [2.45, 2.75) is 37.8 Å². The van der Waals surface area contributed by atoms with Gasteiger partial charge < -0.3 is 9.64 Å². The number of carbonyl (C=O) groups excluding carboxylic acids is 1. The molecule has 0 saturated carbocycles. The molecule has 3 aromatic carbocycles. The second-order valence-corrected chi connectivity index (χ2v) is 11.1. The average molecular weight is 543 g/mol. The van der Waals surface area contributed by atoms with Crippen LogP contribution in [-0.4, -0.2) is 37.8 Å². The lowest BCUT2D eigenvalue weighted by molar-refractivity contribution is -0.119. The van der Waals surface area contributed by atoms with E-state index in [2.05, 4.69) is 15.9 Å². The topological polar surface area (TPSA) is 66.9 Å². The number of rotatable bonds is 8. The molecule has 1 aliphatic rings. The van der Waals surface area contributed by atoms with Gasteiger partial charge in [-0.05, 0) is 73.9 Å². The highest BCUT2D eigenvalue weighted by Gasteiger charge is 2.34. The Bertz CT molecular complexity index is 1260. The number of ether oxygens (including phenoxy) is 1. The van der Waals surface area contributed by atoms with E-state index in [4.69, 9.17) is 4.74 Å². The number of sulfonamides is 1. The van der Waals surface area contributed by atoms with Gasteiger partial charge in [-0.25, -0.2) is 8.42 Å². The van der Waals surface area contributed by atoms with Crippen molar-refractivity contribution in [3.05, 3.63) is 88.4 Å². The molecule has 6 nitrogen and oxygen atoms in total. The van der Waals surface area contributed by atoms with Crippen molar-refractivity contribution in [3.63, 3.8) is 0 Å². The highest BCUT2D eigenvalue weighted by atomic mass is 79.9. The Morgan fingerprint density at radius 2 is 1.79 bits per heavy atom. The minimum atomic E-state index is -3.93. The van der Waals surface area contributed by atoms with Crippen molar-refractivity contribution in [2.75, 3.05) is 18.1 Å². The molecule has 4 rings (SSSR count). The van der Waals surface area contributed by atoms with E-state index in [1.807, 2.05) is 62.4 Å². The summed E-state index contributed by atoms with van der Waals surface area (Å²) >= 11 is 3.49. The van der Waals surface area contributed by atoms with Crippen LogP contribution >= 0.6 is 15.9 Å². The van der Waals surface area contributed by atoms with Crippen molar-refractivity contribution in [3.8, 4) is 5.75 Å². The van der Waals surface area contributed by atoms with E-state index in [9.17, 15) is 13.2 Å². The van der Waals surface area contributed by atoms with Gasteiger partial charge in [-0.2, -0.15) is 4.31 Å². The number of anilines is 1. The molecule has 8 heteroatoms. The summed E-state index contributed by atoms with van der Waals surface area (Å²) in [5.74, 6) is 0.347. The number of fused-ring (bicyclic) bond motifs is 1. The Labute approximate surface area is 209 Å². The Kier molecular flexibility index (Phi) is 7.40. The van der Waals surface area contributed by atoms with Crippen molar-refractivity contribution < 1.29 is 17.9 Å². The first kappa shape index (κ1) is 24.4. The summed E-state index contributed by atoms with van der Waals surface area (Å²) in [5.41, 5.74) is 2.71. The first-order valence-electron chi connectivity index (χ1n) is 11.2. The smallest absolute Gasteiger partial charge is 0.243 e. The summed E-state index contributed by atoms with van der Waals surface area (Å²) < 4.78 is 34.9. The molecular formula is C26H27BrN2O4S. The fraction of sp³-hybridized carbons (Fsp3) is 0.269. The summed E-state index contributed by atoms with van der Waals surface area (Å²) in [4.78, 5) is 15.3. The van der Waals surface area contributed by atoms with E-state index in [0.29, 0.717) is 12.4 Å². The number of hydrogen-bond donors (Lipinski definition) is 0. The van der Waals surface area contributed by atoms with Crippen molar-refractivity contribution in [1.29, 1.82) is 0 Å². The summed E-state index contributed by atoms with van der Waals surface area (Å²) in [5, 5.41) is 0. The molecule has 1 heterocycles. The predicted octanol–water partition coefficient (Wildman–Crippen LogP) is 5.02. The van der Waals surface area contributed by atoms with Gasteiger partial charge in [0.25, 0.3) is 0 Å². The quantitative estimate of drug-likeness (QED) is 0.401. The van der Waals surface area contributed by atoms with E-state index in [1.54, 1.807) is 17.0 Å². The van der Waals surface area contributed by atoms with Crippen molar-refractivity contribution in [1.82, 2.24) is 4.31 Å². The van der Waals surface area contributed by atoms with Gasteiger partial charge in [0.05, 0.1) is 18.0 Å². The first-order valence-corrected chi connectivity index (χ1v) is 13.4. The molecule has 0 N–H and O–H groups in total. The van der Waals surface area contributed by atoms with Gasteiger partial charge in [0.1, 0.15) is 5.75 Å². The standard InChI is InChI=1S/C26H27BrN2O4S/c1-3-33-23-10-12-24(13-11-23)34(31,32)28(17-20-7-5-4-6-8-20)18-26(30)29-19(2)15-21-16-22(27)9-14-25(21)29/h4-14,16,19H,3,15,17-18H2,1-2H3. The Morgan fingerprint density at radius 1 is 1.09 bits per heavy atom. The van der Waals surface area contributed by atoms with Gasteiger partial charge in [-0.15, -0.1) is 0 Å². The fourth-order valence-corrected chi connectivity index (χ4v) is 6.03. The minimum absolute atomic E-state index is 0.0523. The van der Waals surface area contributed by atoms with Crippen molar-refractivity contribution >= 4 is 37.5 Å². The zero-order chi connectivity index (χ0) is 24.3. The minimum Gasteiger partial charge on any atom is -0.494 e. The van der Waals surface area contributed by atoms with E-state index in [-0.39, 0.29) is 29.9 Å². The van der Waals surface area contributed by atoms with Gasteiger partial charge in [0.15, 0.2) is 0 Å². The van der Waals surface area contributed by atoms with E-state index >= 15 is 0 Å². The van der Waals surface area contributed by atoms with E-state index in [1.165, 1.54) is 16.4 Å². The van der Waals surface area contributed by atoms with Gasteiger partial charge in [0, 0.05) is 22.7 Å². The van der Waals surface area contributed by atoms with Gasteiger partial charge in [-0.3, -0.25) is 4.79 Å². The largest absolute Gasteiger partial charge is 0.494 e. The van der Waals surface area contributed by atoms with Crippen LogP contribution < -0.4 is 9.64 Å². The van der Waals surface area contributed by atoms with Crippen LogP contribution in [0, 0.1) is 0 Å². The fourth-order valence-electron chi connectivity index (χ4n) is 4.24. The molecule has 0 spiro atoms. The molecule has 0 fully saturated rings. The summed E-state index contributed by atoms with van der Waals surface area (Å²) in [6, 6.07) is 21.4. The third-order valence-corrected chi connectivity index (χ3v) is 8.11. The number of benzene rings is 3. The van der Waals surface area contributed by atoms with Crippen LogP contribution in [0.5, 0.6) is 5.75 Å². The maximum absolute atomic E-state index is 13.6. The molecular weight excluding hydrogens is 516 g/mol. The Balaban J connectivity index is 1.64. The molecule has 0 aliphatic carbocycles. The highest BCUT2D eigenvalue weighted by Crippen LogP contribution is 2.34. The van der Waals surface area contributed by atoms with E-state index < -0.39 is 10.0 Å². The number of nitrogens with zero attached hydrogens (tertiary/aromatic N) is 2. The van der Waals surface area contributed by atoms with Crippen LogP contribution in [0.25, 0.3) is 0 Å². The van der Waals surface area contributed by atoms with Gasteiger partial charge in [0.2, 0.25) is 15.9 Å². The van der Waals surface area contributed by atoms with Crippen LogP contribution in [0.4, 0.5) is 5.69 Å². The van der Waals surface area contributed by atoms with Gasteiger partial charge >= 0.3 is 0 Å². The summed E-state index contributed by atoms with van der Waals surface area (Å²) in [6.07, 6.45) is 0.727. The number of halogens is 1. The molecule has 1 aliphatic heterocycles. The average Bonchev–Trinajstić information content (AvgIpc) is 3.14. The molecule has 0 aromatic heterocycles. The maximum Gasteiger partial charge on any atom is 0.243 e. The molecule has 1 atom stereocenters. The van der Waals surface area contributed by atoms with Crippen LogP contribution in [0.15, 0.2) is 82.2 Å². The lowest BCUT2D eigenvalue weighted by Gasteiger charge is -2.27. The maximum atomic E-state index is 13.6. The zero-order valence-electron chi connectivity index (χ0n) is 19.1. The van der Waals surface area contributed by atoms with Crippen LogP contribution in [0.1, 0.15) is 25.0 Å². The molecule has 34 heavy (non-hydrogen) atoms. The highest BCUT2D eigenvalue weighted by molar-refractivity contribution is 9.10. The SMILES string of the molecule is CCOc1ccc(S(=O)(=O)N(CC(=O)N2c3ccc(Br)cc3CC2C)Cc2ccccc2)cc1. The molecule has 1 unspecified atom stereocenters. The van der Waals surface area contributed by atoms with Crippen LogP contribution in [-0.2, 0) is 27.8 Å². The lowest BCUT2D eigenvalue weighted by atomic mass is 10.1. The number of carbonyl (C=O) groups is 1. The molecule has 0 radical (unpaired) electrons. The second-order valence-electron chi connectivity index (χ2n) is 8.25. The number of amides is 1. The number of hydrogen-bond acceptors (Lipinski definition) is 4. The monoisotopic (exact) mass is 542 g/mol. The lowest BCUT2D eigenvalue weighted by Crippen LogP contribution is -2.44. The molecule has 0 saturated heterocycles. The predicted molar refractivity (Wildman–Crippen MR) is 136 cm³/mol. The van der Waals surface area contributed by atoms with E-state index in [0.717, 1.165) is 27.7 Å². The molecule has 178 valence electrons. The first-order chi connectivity index (χ1) is 16.3. The second kappa shape index (κ2) is 10.3. The Hall–Kier alpha value is -2.68. The normalized spacial score (nSPS) is 15.4. The third-order valence-electron chi connectivity index (χ3n) is 5.81. The summed E-state index contributed by atoms with van der Waals surface area (Å²) in [7, 11) is -3.93. The van der Waals surface area contributed by atoms with Crippen LogP contribution in [0.3, 0.4) is 0 Å². The van der Waals surface area contributed by atoms with Crippen LogP contribution in [0.2, 0.25) is 0 Å². The summed E-state index contributed by atoms with van der Waals surface area (Å²) in [6.45, 7) is 4.18.